The average molecular weight is 285 g/mol. The first-order valence-electron chi connectivity index (χ1n) is 6.86. The second-order valence-electron chi connectivity index (χ2n) is 5.29. The van der Waals surface area contributed by atoms with Crippen molar-refractivity contribution in [3.05, 3.63) is 0 Å². The van der Waals surface area contributed by atoms with Gasteiger partial charge in [-0.2, -0.15) is 0 Å². The Morgan fingerprint density at radius 2 is 1.70 bits per heavy atom. The normalized spacial score (nSPS) is 24.1. The van der Waals surface area contributed by atoms with Crippen LogP contribution in [-0.2, 0) is 14.4 Å². The zero-order valence-electron chi connectivity index (χ0n) is 12.2. The van der Waals surface area contributed by atoms with Crippen LogP contribution < -0.4 is 10.6 Å². The summed E-state index contributed by atoms with van der Waals surface area (Å²) in [5.74, 6) is -1.83. The number of aliphatic carboxylic acids is 1. The van der Waals surface area contributed by atoms with E-state index in [1.54, 1.807) is 0 Å². The predicted molar refractivity (Wildman–Crippen MR) is 73.1 cm³/mol. The molecule has 2 amide bonds. The Kier molecular flexibility index (Phi) is 5.94. The first-order valence-corrected chi connectivity index (χ1v) is 6.86. The largest absolute Gasteiger partial charge is 0.480 e. The zero-order valence-corrected chi connectivity index (χ0v) is 12.2. The maximum absolute atomic E-state index is 12.0. The van der Waals surface area contributed by atoms with Gasteiger partial charge >= 0.3 is 5.97 Å². The highest BCUT2D eigenvalue weighted by atomic mass is 16.4. The lowest BCUT2D eigenvalue weighted by molar-refractivity contribution is -0.137. The molecule has 0 aromatic heterocycles. The van der Waals surface area contributed by atoms with E-state index in [4.69, 9.17) is 5.11 Å². The molecule has 3 unspecified atom stereocenters. The Hall–Kier alpha value is -1.63. The molecule has 7 nitrogen and oxygen atoms in total. The van der Waals surface area contributed by atoms with E-state index >= 15 is 0 Å². The molecule has 1 aliphatic heterocycles. The number of amides is 2. The molecule has 0 aliphatic carbocycles. The van der Waals surface area contributed by atoms with Gasteiger partial charge in [0.15, 0.2) is 0 Å². The molecule has 114 valence electrons. The molecule has 1 heterocycles. The average Bonchev–Trinajstić information content (AvgIpc) is 2.72. The second kappa shape index (κ2) is 7.23. The van der Waals surface area contributed by atoms with Crippen molar-refractivity contribution in [1.29, 1.82) is 0 Å². The van der Waals surface area contributed by atoms with Gasteiger partial charge in [0.25, 0.3) is 0 Å². The number of hydrogen-bond acceptors (Lipinski definition) is 4. The van der Waals surface area contributed by atoms with Gasteiger partial charge < -0.3 is 15.7 Å². The van der Waals surface area contributed by atoms with Crippen LogP contribution in [0.15, 0.2) is 0 Å². The highest BCUT2D eigenvalue weighted by Gasteiger charge is 2.34. The van der Waals surface area contributed by atoms with Gasteiger partial charge in [-0.05, 0) is 33.6 Å². The van der Waals surface area contributed by atoms with Crippen LogP contribution in [0, 0.1) is 0 Å². The molecule has 0 spiro atoms. The molecular weight excluding hydrogens is 262 g/mol. The quantitative estimate of drug-likeness (QED) is 0.615. The fraction of sp³-hybridized carbons (Fsp3) is 0.769. The minimum absolute atomic E-state index is 0.201. The predicted octanol–water partition coefficient (Wildman–Crippen LogP) is -0.435. The minimum Gasteiger partial charge on any atom is -0.480 e. The van der Waals surface area contributed by atoms with Crippen LogP contribution in [0.5, 0.6) is 0 Å². The lowest BCUT2D eigenvalue weighted by atomic mass is 10.2. The summed E-state index contributed by atoms with van der Waals surface area (Å²) in [5.41, 5.74) is 0. The van der Waals surface area contributed by atoms with Crippen molar-refractivity contribution in [2.45, 2.75) is 51.7 Å². The molecule has 0 aromatic carbocycles. The van der Waals surface area contributed by atoms with E-state index in [1.807, 2.05) is 6.92 Å². The van der Waals surface area contributed by atoms with Gasteiger partial charge in [0.2, 0.25) is 11.8 Å². The molecule has 20 heavy (non-hydrogen) atoms. The molecule has 3 atom stereocenters. The summed E-state index contributed by atoms with van der Waals surface area (Å²) in [6.07, 6.45) is 2.13. The van der Waals surface area contributed by atoms with E-state index in [0.29, 0.717) is 12.1 Å². The Bertz CT molecular complexity index is 376. The SMILES string of the molecule is CC1CCC(C)N1C(C)C(=O)NCC(=O)NCC(=O)O. The van der Waals surface area contributed by atoms with Crippen LogP contribution in [0.4, 0.5) is 0 Å². The van der Waals surface area contributed by atoms with E-state index in [9.17, 15) is 14.4 Å². The van der Waals surface area contributed by atoms with Crippen molar-refractivity contribution in [2.75, 3.05) is 13.1 Å². The molecular formula is C13H23N3O4. The van der Waals surface area contributed by atoms with Crippen molar-refractivity contribution in [3.8, 4) is 0 Å². The van der Waals surface area contributed by atoms with Crippen LogP contribution in [0.1, 0.15) is 33.6 Å². The van der Waals surface area contributed by atoms with Crippen molar-refractivity contribution in [1.82, 2.24) is 15.5 Å². The van der Waals surface area contributed by atoms with Gasteiger partial charge in [-0.1, -0.05) is 0 Å². The third-order valence-electron chi connectivity index (χ3n) is 3.71. The number of nitrogens with one attached hydrogen (secondary N) is 2. The number of carboxylic acids is 1. The minimum atomic E-state index is -1.11. The Morgan fingerprint density at radius 1 is 1.15 bits per heavy atom. The lowest BCUT2D eigenvalue weighted by Crippen LogP contribution is -2.50. The fourth-order valence-corrected chi connectivity index (χ4v) is 2.67. The van der Waals surface area contributed by atoms with Crippen LogP contribution in [-0.4, -0.2) is 59.0 Å². The third-order valence-corrected chi connectivity index (χ3v) is 3.71. The maximum Gasteiger partial charge on any atom is 0.322 e. The van der Waals surface area contributed by atoms with Crippen molar-refractivity contribution in [2.24, 2.45) is 0 Å². The molecule has 0 radical (unpaired) electrons. The number of carbonyl (C=O) groups is 3. The smallest absolute Gasteiger partial charge is 0.322 e. The first kappa shape index (κ1) is 16.4. The molecule has 0 aromatic rings. The Balaban J connectivity index is 2.38. The summed E-state index contributed by atoms with van der Waals surface area (Å²) >= 11 is 0. The van der Waals surface area contributed by atoms with Gasteiger partial charge in [-0.15, -0.1) is 0 Å². The number of rotatable bonds is 6. The summed E-state index contributed by atoms with van der Waals surface area (Å²) in [6.45, 7) is 5.36. The molecule has 1 aliphatic rings. The van der Waals surface area contributed by atoms with E-state index in [0.717, 1.165) is 12.8 Å². The van der Waals surface area contributed by atoms with Crippen LogP contribution in [0.3, 0.4) is 0 Å². The van der Waals surface area contributed by atoms with Crippen molar-refractivity contribution >= 4 is 17.8 Å². The standard InChI is InChI=1S/C13H23N3O4/c1-8-4-5-9(2)16(8)10(3)13(20)15-6-11(17)14-7-12(18)19/h8-10H,4-7H2,1-3H3,(H,14,17)(H,15,20)(H,18,19). The molecule has 0 saturated carbocycles. The summed E-state index contributed by atoms with van der Waals surface area (Å²) in [4.78, 5) is 35.8. The lowest BCUT2D eigenvalue weighted by Gasteiger charge is -2.31. The van der Waals surface area contributed by atoms with E-state index < -0.39 is 18.4 Å². The number of carboxylic acid groups (broad SMARTS) is 1. The summed E-state index contributed by atoms with van der Waals surface area (Å²) in [6, 6.07) is 0.410. The summed E-state index contributed by atoms with van der Waals surface area (Å²) < 4.78 is 0. The number of likely N-dealkylation sites (tertiary alicyclic amines) is 1. The topological polar surface area (TPSA) is 98.7 Å². The van der Waals surface area contributed by atoms with Gasteiger partial charge in [-0.3, -0.25) is 19.3 Å². The fourth-order valence-electron chi connectivity index (χ4n) is 2.67. The highest BCUT2D eigenvalue weighted by Crippen LogP contribution is 2.25. The number of hydrogen-bond donors (Lipinski definition) is 3. The molecule has 1 saturated heterocycles. The monoisotopic (exact) mass is 285 g/mol. The second-order valence-corrected chi connectivity index (χ2v) is 5.29. The van der Waals surface area contributed by atoms with Crippen LogP contribution in [0.25, 0.3) is 0 Å². The summed E-state index contributed by atoms with van der Waals surface area (Å²) in [7, 11) is 0. The maximum atomic E-state index is 12.0. The third kappa shape index (κ3) is 4.48. The van der Waals surface area contributed by atoms with E-state index in [1.165, 1.54) is 0 Å². The van der Waals surface area contributed by atoms with Gasteiger partial charge in [0.05, 0.1) is 12.6 Å². The highest BCUT2D eigenvalue weighted by molar-refractivity contribution is 5.88. The molecule has 3 N–H and O–H groups in total. The van der Waals surface area contributed by atoms with Crippen LogP contribution in [0.2, 0.25) is 0 Å². The van der Waals surface area contributed by atoms with Gasteiger partial charge in [0.1, 0.15) is 6.54 Å². The number of nitrogens with zero attached hydrogens (tertiary/aromatic N) is 1. The van der Waals surface area contributed by atoms with Crippen LogP contribution >= 0.6 is 0 Å². The Labute approximate surface area is 118 Å². The Morgan fingerprint density at radius 3 is 2.20 bits per heavy atom. The van der Waals surface area contributed by atoms with Crippen molar-refractivity contribution < 1.29 is 19.5 Å². The summed E-state index contributed by atoms with van der Waals surface area (Å²) in [5, 5.41) is 13.2. The van der Waals surface area contributed by atoms with E-state index in [2.05, 4.69) is 29.4 Å². The molecule has 1 rings (SSSR count). The van der Waals surface area contributed by atoms with Crippen molar-refractivity contribution in [3.63, 3.8) is 0 Å². The molecule has 1 fully saturated rings. The van der Waals surface area contributed by atoms with E-state index in [-0.39, 0.29) is 18.5 Å². The van der Waals surface area contributed by atoms with Gasteiger partial charge in [-0.25, -0.2) is 0 Å². The first-order chi connectivity index (χ1) is 9.32. The number of carbonyl (C=O) groups excluding carboxylic acids is 2. The molecule has 0 bridgehead atoms. The zero-order chi connectivity index (χ0) is 15.3. The molecule has 7 heteroatoms. The van der Waals surface area contributed by atoms with Gasteiger partial charge in [0, 0.05) is 12.1 Å².